The second-order valence-electron chi connectivity index (χ2n) is 5.18. The van der Waals surface area contributed by atoms with Gasteiger partial charge in [-0.15, -0.1) is 0 Å². The van der Waals surface area contributed by atoms with Crippen molar-refractivity contribution in [3.8, 4) is 0 Å². The molecule has 0 aliphatic carbocycles. The molecule has 0 aliphatic rings. The van der Waals surface area contributed by atoms with Gasteiger partial charge in [0.15, 0.2) is 0 Å². The molecule has 0 spiro atoms. The summed E-state index contributed by atoms with van der Waals surface area (Å²) in [5, 5.41) is 3.37. The van der Waals surface area contributed by atoms with Crippen molar-refractivity contribution >= 4 is 29.1 Å². The van der Waals surface area contributed by atoms with Crippen LogP contribution in [-0.4, -0.2) is 24.9 Å². The number of anilines is 1. The van der Waals surface area contributed by atoms with Crippen molar-refractivity contribution in [1.29, 1.82) is 0 Å². The molecular weight excluding hydrogens is 288 g/mol. The third kappa shape index (κ3) is 5.05. The summed E-state index contributed by atoms with van der Waals surface area (Å²) in [6, 6.07) is 3.84. The number of nitrogens with one attached hydrogen (secondary N) is 1. The molecule has 4 nitrogen and oxygen atoms in total. The van der Waals surface area contributed by atoms with Gasteiger partial charge in [0.05, 0.1) is 10.7 Å². The summed E-state index contributed by atoms with van der Waals surface area (Å²) in [5.74, 6) is -0.0821. The highest BCUT2D eigenvalue weighted by Gasteiger charge is 2.17. The number of rotatable bonds is 6. The molecule has 1 aromatic rings. The zero-order chi connectivity index (χ0) is 16.0. The van der Waals surface area contributed by atoms with Crippen LogP contribution in [0.3, 0.4) is 0 Å². The zero-order valence-corrected chi connectivity index (χ0v) is 13.9. The first kappa shape index (κ1) is 17.5. The summed E-state index contributed by atoms with van der Waals surface area (Å²) in [4.78, 5) is 25.0. The lowest BCUT2D eigenvalue weighted by atomic mass is 10.1. The normalized spacial score (nSPS) is 10.3. The van der Waals surface area contributed by atoms with Crippen molar-refractivity contribution in [3.63, 3.8) is 0 Å². The number of amides is 2. The number of hydrogen-bond donors (Lipinski definition) is 1. The first-order chi connectivity index (χ1) is 9.86. The number of benzene rings is 1. The fourth-order valence-corrected chi connectivity index (χ4v) is 2.72. The summed E-state index contributed by atoms with van der Waals surface area (Å²) in [7, 11) is 0. The fourth-order valence-electron chi connectivity index (χ4n) is 2.30. The molecule has 0 radical (unpaired) electrons. The maximum Gasteiger partial charge on any atom is 0.223 e. The summed E-state index contributed by atoms with van der Waals surface area (Å²) in [6.07, 6.45) is 1.32. The van der Waals surface area contributed by atoms with Crippen molar-refractivity contribution in [2.45, 2.75) is 40.5 Å². The van der Waals surface area contributed by atoms with E-state index in [0.29, 0.717) is 24.5 Å². The Morgan fingerprint density at radius 1 is 1.29 bits per heavy atom. The number of aryl methyl sites for hydroxylation is 2. The largest absolute Gasteiger partial charge is 0.354 e. The second kappa shape index (κ2) is 8.03. The molecule has 5 heteroatoms. The molecule has 1 aromatic carbocycles. The fraction of sp³-hybridized carbons (Fsp3) is 0.500. The highest BCUT2D eigenvalue weighted by atomic mass is 35.5. The lowest BCUT2D eigenvalue weighted by molar-refractivity contribution is -0.121. The molecule has 0 unspecified atom stereocenters. The molecular formula is C16H23ClN2O2. The van der Waals surface area contributed by atoms with E-state index in [2.05, 4.69) is 5.32 Å². The van der Waals surface area contributed by atoms with E-state index in [1.54, 1.807) is 4.90 Å². The monoisotopic (exact) mass is 310 g/mol. The summed E-state index contributed by atoms with van der Waals surface area (Å²) >= 11 is 6.28. The topological polar surface area (TPSA) is 49.4 Å². The van der Waals surface area contributed by atoms with E-state index in [1.807, 2.05) is 32.9 Å². The number of carbonyl (C=O) groups is 2. The van der Waals surface area contributed by atoms with E-state index in [0.717, 1.165) is 23.2 Å². The summed E-state index contributed by atoms with van der Waals surface area (Å²) < 4.78 is 0. The lowest BCUT2D eigenvalue weighted by Crippen LogP contribution is -2.38. The van der Waals surface area contributed by atoms with Crippen LogP contribution in [0.15, 0.2) is 12.1 Å². The molecule has 116 valence electrons. The Bertz CT molecular complexity index is 506. The van der Waals surface area contributed by atoms with Crippen molar-refractivity contribution in [2.75, 3.05) is 18.0 Å². The van der Waals surface area contributed by atoms with E-state index in [-0.39, 0.29) is 11.8 Å². The Morgan fingerprint density at radius 3 is 2.48 bits per heavy atom. The van der Waals surface area contributed by atoms with Crippen LogP contribution in [0.2, 0.25) is 5.02 Å². The number of halogens is 1. The van der Waals surface area contributed by atoms with E-state index in [4.69, 9.17) is 11.6 Å². The van der Waals surface area contributed by atoms with Crippen molar-refractivity contribution in [3.05, 3.63) is 28.3 Å². The minimum atomic E-state index is -0.0893. The van der Waals surface area contributed by atoms with Crippen LogP contribution < -0.4 is 10.2 Å². The lowest BCUT2D eigenvalue weighted by Gasteiger charge is -2.25. The Morgan fingerprint density at radius 2 is 1.95 bits per heavy atom. The van der Waals surface area contributed by atoms with Gasteiger partial charge in [0.1, 0.15) is 0 Å². The van der Waals surface area contributed by atoms with Crippen molar-refractivity contribution < 1.29 is 9.59 Å². The molecule has 0 saturated carbocycles. The van der Waals surface area contributed by atoms with Gasteiger partial charge >= 0.3 is 0 Å². The van der Waals surface area contributed by atoms with Gasteiger partial charge < -0.3 is 10.2 Å². The van der Waals surface area contributed by atoms with E-state index < -0.39 is 0 Å². The first-order valence-electron chi connectivity index (χ1n) is 7.18. The number of hydrogen-bond acceptors (Lipinski definition) is 2. The van der Waals surface area contributed by atoms with Crippen LogP contribution in [-0.2, 0) is 9.59 Å². The van der Waals surface area contributed by atoms with Crippen LogP contribution >= 0.6 is 11.6 Å². The molecule has 0 atom stereocenters. The minimum Gasteiger partial charge on any atom is -0.354 e. The first-order valence-corrected chi connectivity index (χ1v) is 7.56. The van der Waals surface area contributed by atoms with Gasteiger partial charge in [0, 0.05) is 26.4 Å². The average molecular weight is 311 g/mol. The summed E-state index contributed by atoms with van der Waals surface area (Å²) in [6.45, 7) is 8.18. The Hall–Kier alpha value is -1.55. The minimum absolute atomic E-state index is 0.00715. The predicted molar refractivity (Wildman–Crippen MR) is 86.9 cm³/mol. The maximum absolute atomic E-state index is 11.9. The Kier molecular flexibility index (Phi) is 6.69. The number of carbonyl (C=O) groups excluding carboxylic acids is 2. The summed E-state index contributed by atoms with van der Waals surface area (Å²) in [5.41, 5.74) is 2.73. The van der Waals surface area contributed by atoms with Crippen molar-refractivity contribution in [1.82, 2.24) is 5.32 Å². The van der Waals surface area contributed by atoms with Crippen LogP contribution in [0, 0.1) is 13.8 Å². The SMILES string of the molecule is CCCC(=O)NCCN(C(C)=O)c1c(C)cc(C)cc1Cl. The molecule has 0 bridgehead atoms. The van der Waals surface area contributed by atoms with E-state index >= 15 is 0 Å². The van der Waals surface area contributed by atoms with Gasteiger partial charge in [-0.25, -0.2) is 0 Å². The highest BCUT2D eigenvalue weighted by molar-refractivity contribution is 6.34. The smallest absolute Gasteiger partial charge is 0.223 e. The number of nitrogens with zero attached hydrogens (tertiary/aromatic N) is 1. The maximum atomic E-state index is 11.9. The molecule has 1 N–H and O–H groups in total. The Balaban J connectivity index is 2.84. The van der Waals surface area contributed by atoms with Crippen LogP contribution in [0.25, 0.3) is 0 Å². The zero-order valence-electron chi connectivity index (χ0n) is 13.1. The molecule has 0 saturated heterocycles. The van der Waals surface area contributed by atoms with Gasteiger partial charge in [-0.1, -0.05) is 24.6 Å². The molecule has 2 amide bonds. The van der Waals surface area contributed by atoms with Crippen LogP contribution in [0.1, 0.15) is 37.8 Å². The van der Waals surface area contributed by atoms with E-state index in [9.17, 15) is 9.59 Å². The van der Waals surface area contributed by atoms with Gasteiger partial charge in [-0.05, 0) is 37.5 Å². The van der Waals surface area contributed by atoms with Gasteiger partial charge in [0.25, 0.3) is 0 Å². The third-order valence-electron chi connectivity index (χ3n) is 3.18. The van der Waals surface area contributed by atoms with Gasteiger partial charge in [-0.3, -0.25) is 9.59 Å². The molecule has 0 heterocycles. The molecule has 1 rings (SSSR count). The predicted octanol–water partition coefficient (Wildman–Crippen LogP) is 3.23. The average Bonchev–Trinajstić information content (AvgIpc) is 2.35. The quantitative estimate of drug-likeness (QED) is 0.877. The Labute approximate surface area is 131 Å². The molecule has 0 aliphatic heterocycles. The van der Waals surface area contributed by atoms with Crippen molar-refractivity contribution in [2.24, 2.45) is 0 Å². The highest BCUT2D eigenvalue weighted by Crippen LogP contribution is 2.31. The van der Waals surface area contributed by atoms with Crippen LogP contribution in [0.5, 0.6) is 0 Å². The third-order valence-corrected chi connectivity index (χ3v) is 3.47. The standard InChI is InChI=1S/C16H23ClN2O2/c1-5-6-15(21)18-7-8-19(13(4)20)16-12(3)9-11(2)10-14(16)17/h9-10H,5-8H2,1-4H3,(H,18,21). The second-order valence-corrected chi connectivity index (χ2v) is 5.59. The van der Waals surface area contributed by atoms with Gasteiger partial charge in [0.2, 0.25) is 11.8 Å². The molecule has 21 heavy (non-hydrogen) atoms. The van der Waals surface area contributed by atoms with Gasteiger partial charge in [-0.2, -0.15) is 0 Å². The van der Waals surface area contributed by atoms with Crippen LogP contribution in [0.4, 0.5) is 5.69 Å². The molecule has 0 fully saturated rings. The van der Waals surface area contributed by atoms with E-state index in [1.165, 1.54) is 6.92 Å². The molecule has 0 aromatic heterocycles.